The highest BCUT2D eigenvalue weighted by Crippen LogP contribution is 2.55. The first-order valence-corrected chi connectivity index (χ1v) is 18.4. The molecule has 0 N–H and O–H groups in total. The monoisotopic (exact) mass is 682 g/mol. The van der Waals surface area contributed by atoms with Crippen LogP contribution in [0.15, 0.2) is 146 Å². The summed E-state index contributed by atoms with van der Waals surface area (Å²) in [5.41, 5.74) is 10.8. The molecule has 0 aliphatic carbocycles. The van der Waals surface area contributed by atoms with Gasteiger partial charge in [0.15, 0.2) is 0 Å². The first-order valence-electron chi connectivity index (χ1n) is 18.4. The van der Waals surface area contributed by atoms with E-state index in [1.54, 1.807) is 0 Å². The molecule has 11 rings (SSSR count). The van der Waals surface area contributed by atoms with Gasteiger partial charge in [-0.05, 0) is 164 Å². The molecule has 2 nitrogen and oxygen atoms in total. The molecule has 0 unspecified atom stereocenters. The Morgan fingerprint density at radius 2 is 0.815 bits per heavy atom. The second-order valence-electron chi connectivity index (χ2n) is 14.7. The van der Waals surface area contributed by atoms with Crippen LogP contribution in [0.2, 0.25) is 0 Å². The molecule has 11 aromatic carbocycles. The average molecular weight is 683 g/mol. The first-order chi connectivity index (χ1) is 26.6. The highest BCUT2D eigenvalue weighted by Gasteiger charge is 2.27. The lowest BCUT2D eigenvalue weighted by Crippen LogP contribution is -1.92. The number of nitriles is 2. The van der Waals surface area contributed by atoms with Crippen LogP contribution >= 0.6 is 0 Å². The number of aryl methyl sites for hydroxylation is 2. The lowest BCUT2D eigenvalue weighted by atomic mass is 9.83. The fraction of sp³-hybridized carbons (Fsp3) is 0.0385. The van der Waals surface area contributed by atoms with Crippen LogP contribution in [0.1, 0.15) is 22.3 Å². The fourth-order valence-electron chi connectivity index (χ4n) is 9.68. The van der Waals surface area contributed by atoms with Crippen molar-refractivity contribution in [2.75, 3.05) is 0 Å². The van der Waals surface area contributed by atoms with E-state index in [0.29, 0.717) is 11.1 Å². The van der Waals surface area contributed by atoms with Gasteiger partial charge in [-0.1, -0.05) is 115 Å². The van der Waals surface area contributed by atoms with Crippen LogP contribution in [0.3, 0.4) is 0 Å². The Morgan fingerprint density at radius 1 is 0.333 bits per heavy atom. The molecule has 0 heterocycles. The average Bonchev–Trinajstić information content (AvgIpc) is 3.72. The van der Waals surface area contributed by atoms with Gasteiger partial charge in [-0.25, -0.2) is 0 Å². The zero-order valence-corrected chi connectivity index (χ0v) is 29.8. The maximum atomic E-state index is 9.83. The molecule has 0 aliphatic rings. The van der Waals surface area contributed by atoms with Crippen molar-refractivity contribution in [2.24, 2.45) is 0 Å². The summed E-state index contributed by atoms with van der Waals surface area (Å²) in [7, 11) is 0. The minimum Gasteiger partial charge on any atom is -0.192 e. The predicted octanol–water partition coefficient (Wildman–Crippen LogP) is 14.0. The zero-order valence-electron chi connectivity index (χ0n) is 29.8. The largest absolute Gasteiger partial charge is 0.192 e. The molecule has 0 fully saturated rings. The van der Waals surface area contributed by atoms with Crippen molar-refractivity contribution in [1.29, 1.82) is 10.5 Å². The van der Waals surface area contributed by atoms with Gasteiger partial charge in [-0.15, -0.1) is 0 Å². The summed E-state index contributed by atoms with van der Waals surface area (Å²) < 4.78 is 0. The third kappa shape index (κ3) is 3.98. The van der Waals surface area contributed by atoms with Gasteiger partial charge in [0.1, 0.15) is 0 Å². The van der Waals surface area contributed by atoms with E-state index in [-0.39, 0.29) is 0 Å². The Balaban J connectivity index is 1.45. The van der Waals surface area contributed by atoms with E-state index in [1.165, 1.54) is 109 Å². The molecule has 0 aliphatic heterocycles. The summed E-state index contributed by atoms with van der Waals surface area (Å²) in [5, 5.41) is 36.9. The Labute approximate surface area is 312 Å². The second-order valence-corrected chi connectivity index (χ2v) is 14.7. The minimum atomic E-state index is 0.639. The van der Waals surface area contributed by atoms with E-state index in [9.17, 15) is 10.5 Å². The highest BCUT2D eigenvalue weighted by atomic mass is 14.3. The van der Waals surface area contributed by atoms with Crippen LogP contribution in [-0.4, -0.2) is 0 Å². The quantitative estimate of drug-likeness (QED) is 0.174. The summed E-state index contributed by atoms with van der Waals surface area (Å²) in [6, 6.07) is 56.9. The molecule has 11 aromatic rings. The molecule has 0 saturated carbocycles. The molecule has 0 spiro atoms. The van der Waals surface area contributed by atoms with Crippen LogP contribution in [0.4, 0.5) is 0 Å². The summed E-state index contributed by atoms with van der Waals surface area (Å²) in [4.78, 5) is 0. The molecule has 248 valence electrons. The number of hydrogen-bond acceptors (Lipinski definition) is 2. The maximum Gasteiger partial charge on any atom is 0.0991 e. The molecule has 0 atom stereocenters. The Kier molecular flexibility index (Phi) is 6.25. The third-order valence-electron chi connectivity index (χ3n) is 11.9. The van der Waals surface area contributed by atoms with Crippen LogP contribution in [0.25, 0.3) is 109 Å². The second kappa shape index (κ2) is 11.1. The smallest absolute Gasteiger partial charge is 0.0991 e. The topological polar surface area (TPSA) is 47.6 Å². The van der Waals surface area contributed by atoms with Crippen LogP contribution in [-0.2, 0) is 0 Å². The normalized spacial score (nSPS) is 11.9. The molecule has 0 saturated heterocycles. The summed E-state index contributed by atoms with van der Waals surface area (Å²) in [6.07, 6.45) is 0. The van der Waals surface area contributed by atoms with Crippen LogP contribution in [0, 0.1) is 36.5 Å². The lowest BCUT2D eigenvalue weighted by Gasteiger charge is -2.19. The van der Waals surface area contributed by atoms with Crippen molar-refractivity contribution in [3.63, 3.8) is 0 Å². The molecule has 0 amide bonds. The van der Waals surface area contributed by atoms with Gasteiger partial charge in [0.25, 0.3) is 0 Å². The van der Waals surface area contributed by atoms with E-state index < -0.39 is 0 Å². The van der Waals surface area contributed by atoms with Crippen molar-refractivity contribution in [3.05, 3.63) is 168 Å². The van der Waals surface area contributed by atoms with Crippen molar-refractivity contribution in [3.8, 4) is 45.5 Å². The van der Waals surface area contributed by atoms with Gasteiger partial charge in [0, 0.05) is 0 Å². The van der Waals surface area contributed by atoms with Gasteiger partial charge in [0.2, 0.25) is 0 Å². The van der Waals surface area contributed by atoms with Crippen molar-refractivity contribution >= 4 is 75.4 Å². The number of nitrogens with zero attached hydrogens (tertiary/aromatic N) is 2. The highest BCUT2D eigenvalue weighted by molar-refractivity contribution is 6.45. The van der Waals surface area contributed by atoms with Gasteiger partial charge in [0.05, 0.1) is 23.3 Å². The SMILES string of the molecule is Cc1cccc(C)c1-c1ccc2c3c(-c4ccc(C#N)cc4)c4cc5c6ccccc6c6cccc(c4c(-c4ccc(C#N)cc4)c3c3cccc1c23)c65. The number of fused-ring (bicyclic) bond motifs is 8. The summed E-state index contributed by atoms with van der Waals surface area (Å²) in [5.74, 6) is 0. The standard InChI is InChI=1S/C52H30N2/c1-29-8-5-9-30(2)45(29)39-24-25-42-48-38(39)13-7-15-41(48)52-47(34-22-18-32(28-54)19-23-34)50-40-14-6-12-37-35-10-3-4-11-36(35)43(49(37)40)26-44(50)46(51(42)52)33-20-16-31(27-53)17-21-33/h3-26H,1-2H3. The first kappa shape index (κ1) is 30.4. The molecule has 0 bridgehead atoms. The number of rotatable bonds is 3. The van der Waals surface area contributed by atoms with Crippen molar-refractivity contribution in [2.45, 2.75) is 13.8 Å². The molecule has 0 radical (unpaired) electrons. The van der Waals surface area contributed by atoms with Gasteiger partial charge in [-0.2, -0.15) is 10.5 Å². The van der Waals surface area contributed by atoms with E-state index in [0.717, 1.165) is 11.1 Å². The third-order valence-corrected chi connectivity index (χ3v) is 11.9. The number of benzene rings is 9. The zero-order chi connectivity index (χ0) is 36.2. The van der Waals surface area contributed by atoms with E-state index >= 15 is 0 Å². The number of hydrogen-bond donors (Lipinski definition) is 0. The molecular weight excluding hydrogens is 653 g/mol. The lowest BCUT2D eigenvalue weighted by molar-refractivity contribution is 1.39. The van der Waals surface area contributed by atoms with E-state index in [1.807, 2.05) is 24.3 Å². The van der Waals surface area contributed by atoms with Gasteiger partial charge < -0.3 is 0 Å². The summed E-state index contributed by atoms with van der Waals surface area (Å²) >= 11 is 0. The van der Waals surface area contributed by atoms with Crippen LogP contribution in [0.5, 0.6) is 0 Å². The van der Waals surface area contributed by atoms with Crippen molar-refractivity contribution in [1.82, 2.24) is 0 Å². The van der Waals surface area contributed by atoms with Crippen LogP contribution < -0.4 is 0 Å². The predicted molar refractivity (Wildman–Crippen MR) is 227 cm³/mol. The van der Waals surface area contributed by atoms with Gasteiger partial charge in [-0.3, -0.25) is 0 Å². The molecule has 0 aromatic heterocycles. The molecular formula is C52H30N2. The maximum absolute atomic E-state index is 9.83. The van der Waals surface area contributed by atoms with Gasteiger partial charge >= 0.3 is 0 Å². The minimum absolute atomic E-state index is 0.639. The Morgan fingerprint density at radius 3 is 1.46 bits per heavy atom. The Hall–Kier alpha value is -7.26. The van der Waals surface area contributed by atoms with Crippen molar-refractivity contribution < 1.29 is 0 Å². The molecule has 2 heteroatoms. The fourth-order valence-corrected chi connectivity index (χ4v) is 9.68. The summed E-state index contributed by atoms with van der Waals surface area (Å²) in [6.45, 7) is 4.41. The Bertz CT molecular complexity index is 3430. The van der Waals surface area contributed by atoms with E-state index in [4.69, 9.17) is 0 Å². The molecule has 54 heavy (non-hydrogen) atoms. The van der Waals surface area contributed by atoms with E-state index in [2.05, 4.69) is 147 Å².